The van der Waals surface area contributed by atoms with Crippen molar-refractivity contribution >= 4 is 41.0 Å². The molecule has 2 amide bonds. The van der Waals surface area contributed by atoms with Crippen LogP contribution in [0.25, 0.3) is 0 Å². The summed E-state index contributed by atoms with van der Waals surface area (Å²) in [6, 6.07) is 4.36. The fraction of sp³-hybridized carbons (Fsp3) is 0.312. The molecule has 0 aromatic heterocycles. The molecule has 2 bridgehead atoms. The molecule has 6 nitrogen and oxygen atoms in total. The van der Waals surface area contributed by atoms with Crippen molar-refractivity contribution in [1.82, 2.24) is 10.9 Å². The predicted octanol–water partition coefficient (Wildman–Crippen LogP) is 2.28. The third kappa shape index (κ3) is 2.99. The van der Waals surface area contributed by atoms with Gasteiger partial charge in [0.1, 0.15) is 0 Å². The Hall–Kier alpha value is -2.05. The summed E-state index contributed by atoms with van der Waals surface area (Å²) in [6.07, 6.45) is 4.36. The Morgan fingerprint density at radius 2 is 1.71 bits per heavy atom. The highest BCUT2D eigenvalue weighted by molar-refractivity contribution is 6.36. The Kier molecular flexibility index (Phi) is 4.51. The molecular weight excluding hydrogens is 355 g/mol. The molecule has 2 aliphatic rings. The van der Waals surface area contributed by atoms with E-state index in [0.29, 0.717) is 11.4 Å². The summed E-state index contributed by atoms with van der Waals surface area (Å²) in [4.78, 5) is 35.8. The van der Waals surface area contributed by atoms with Gasteiger partial charge in [-0.25, -0.2) is 0 Å². The van der Waals surface area contributed by atoms with E-state index in [4.69, 9.17) is 23.2 Å². The van der Waals surface area contributed by atoms with Gasteiger partial charge in [-0.15, -0.1) is 0 Å². The number of amides is 2. The molecule has 4 atom stereocenters. The van der Waals surface area contributed by atoms with E-state index in [1.54, 1.807) is 0 Å². The lowest BCUT2D eigenvalue weighted by molar-refractivity contribution is -0.148. The van der Waals surface area contributed by atoms with Gasteiger partial charge in [0.2, 0.25) is 5.91 Å². The fourth-order valence-corrected chi connectivity index (χ4v) is 3.95. The van der Waals surface area contributed by atoms with E-state index in [1.165, 1.54) is 18.2 Å². The molecule has 0 unspecified atom stereocenters. The number of carboxylic acids is 1. The molecule has 3 N–H and O–H groups in total. The third-order valence-corrected chi connectivity index (χ3v) is 5.07. The second kappa shape index (κ2) is 6.45. The predicted molar refractivity (Wildman–Crippen MR) is 87.4 cm³/mol. The topological polar surface area (TPSA) is 95.5 Å². The van der Waals surface area contributed by atoms with Crippen molar-refractivity contribution in [3.8, 4) is 0 Å². The summed E-state index contributed by atoms with van der Waals surface area (Å²) in [5, 5.41) is 9.88. The Morgan fingerprint density at radius 1 is 1.04 bits per heavy atom. The first-order chi connectivity index (χ1) is 11.4. The lowest BCUT2D eigenvalue weighted by Gasteiger charge is -2.23. The number of hydrazine groups is 1. The van der Waals surface area contributed by atoms with Crippen LogP contribution in [0.2, 0.25) is 10.0 Å². The zero-order chi connectivity index (χ0) is 17.4. The lowest BCUT2D eigenvalue weighted by atomic mass is 9.82. The maximum Gasteiger partial charge on any atom is 0.307 e. The number of rotatable bonds is 3. The number of hydrogen-bond donors (Lipinski definition) is 3. The average Bonchev–Trinajstić information content (AvgIpc) is 3.13. The summed E-state index contributed by atoms with van der Waals surface area (Å²) >= 11 is 11.7. The van der Waals surface area contributed by atoms with E-state index in [-0.39, 0.29) is 22.4 Å². The smallest absolute Gasteiger partial charge is 0.307 e. The molecule has 3 rings (SSSR count). The number of carbonyl (C=O) groups is 3. The Balaban J connectivity index is 1.66. The van der Waals surface area contributed by atoms with Crippen molar-refractivity contribution in [2.45, 2.75) is 6.42 Å². The van der Waals surface area contributed by atoms with E-state index in [9.17, 15) is 19.5 Å². The normalized spacial score (nSPS) is 27.1. The summed E-state index contributed by atoms with van der Waals surface area (Å²) in [6.45, 7) is 0. The highest BCUT2D eigenvalue weighted by Crippen LogP contribution is 2.48. The first-order valence-electron chi connectivity index (χ1n) is 7.35. The minimum absolute atomic E-state index is 0.118. The van der Waals surface area contributed by atoms with Crippen LogP contribution in [0.4, 0.5) is 0 Å². The molecule has 1 aromatic carbocycles. The quantitative estimate of drug-likeness (QED) is 0.563. The third-order valence-electron chi connectivity index (χ3n) is 4.52. The van der Waals surface area contributed by atoms with Crippen LogP contribution in [0, 0.1) is 23.7 Å². The Morgan fingerprint density at radius 3 is 2.33 bits per heavy atom. The summed E-state index contributed by atoms with van der Waals surface area (Å²) < 4.78 is 0. The summed E-state index contributed by atoms with van der Waals surface area (Å²) in [5.41, 5.74) is 4.74. The van der Waals surface area contributed by atoms with Gasteiger partial charge >= 0.3 is 5.97 Å². The van der Waals surface area contributed by atoms with E-state index in [0.717, 1.165) is 0 Å². The molecular formula is C16H14Cl2N2O4. The molecule has 2 aliphatic carbocycles. The first-order valence-corrected chi connectivity index (χ1v) is 8.10. The molecule has 1 aromatic rings. The molecule has 1 fully saturated rings. The van der Waals surface area contributed by atoms with Crippen LogP contribution >= 0.6 is 23.2 Å². The Labute approximate surface area is 147 Å². The summed E-state index contributed by atoms with van der Waals surface area (Å²) in [7, 11) is 0. The monoisotopic (exact) mass is 368 g/mol. The number of carboxylic acid groups (broad SMARTS) is 1. The van der Waals surface area contributed by atoms with Crippen LogP contribution < -0.4 is 10.9 Å². The molecule has 0 saturated heterocycles. The number of halogens is 2. The van der Waals surface area contributed by atoms with Crippen molar-refractivity contribution in [3.05, 3.63) is 46.0 Å². The number of allylic oxidation sites excluding steroid dienone is 2. The number of benzene rings is 1. The second-order valence-corrected chi connectivity index (χ2v) is 6.75. The summed E-state index contributed by atoms with van der Waals surface area (Å²) in [5.74, 6) is -3.83. The van der Waals surface area contributed by atoms with Crippen LogP contribution in [0.15, 0.2) is 30.4 Å². The van der Waals surface area contributed by atoms with E-state index >= 15 is 0 Å². The van der Waals surface area contributed by atoms with E-state index in [1.807, 2.05) is 12.2 Å². The van der Waals surface area contributed by atoms with E-state index < -0.39 is 29.6 Å². The van der Waals surface area contributed by atoms with Crippen molar-refractivity contribution in [3.63, 3.8) is 0 Å². The second-order valence-electron chi connectivity index (χ2n) is 5.91. The van der Waals surface area contributed by atoms with Crippen LogP contribution in [0.5, 0.6) is 0 Å². The van der Waals surface area contributed by atoms with Gasteiger partial charge in [-0.05, 0) is 36.5 Å². The average molecular weight is 369 g/mol. The molecule has 0 radical (unpaired) electrons. The van der Waals surface area contributed by atoms with Gasteiger partial charge in [-0.2, -0.15) is 0 Å². The number of fused-ring (bicyclic) bond motifs is 2. The minimum atomic E-state index is -1.00. The molecule has 1 saturated carbocycles. The maximum atomic E-state index is 12.3. The lowest BCUT2D eigenvalue weighted by Crippen LogP contribution is -2.48. The van der Waals surface area contributed by atoms with Gasteiger partial charge in [-0.1, -0.05) is 35.4 Å². The van der Waals surface area contributed by atoms with Crippen LogP contribution in [-0.4, -0.2) is 22.9 Å². The highest BCUT2D eigenvalue weighted by atomic mass is 35.5. The zero-order valence-electron chi connectivity index (χ0n) is 12.3. The van der Waals surface area contributed by atoms with Crippen LogP contribution in [0.3, 0.4) is 0 Å². The Bertz CT molecular complexity index is 750. The zero-order valence-corrected chi connectivity index (χ0v) is 13.8. The number of aliphatic carboxylic acids is 1. The molecule has 126 valence electrons. The van der Waals surface area contributed by atoms with Gasteiger partial charge < -0.3 is 5.11 Å². The van der Waals surface area contributed by atoms with Crippen molar-refractivity contribution in [2.24, 2.45) is 23.7 Å². The van der Waals surface area contributed by atoms with Gasteiger partial charge in [0, 0.05) is 5.02 Å². The fourth-order valence-electron chi connectivity index (χ4n) is 3.46. The first kappa shape index (κ1) is 16.8. The molecule has 0 aliphatic heterocycles. The van der Waals surface area contributed by atoms with E-state index in [2.05, 4.69) is 10.9 Å². The molecule has 0 spiro atoms. The van der Waals surface area contributed by atoms with Crippen LogP contribution in [-0.2, 0) is 9.59 Å². The highest BCUT2D eigenvalue weighted by Gasteiger charge is 2.51. The molecule has 8 heteroatoms. The van der Waals surface area contributed by atoms with Gasteiger partial charge in [0.05, 0.1) is 22.4 Å². The number of carbonyl (C=O) groups excluding carboxylic acids is 2. The SMILES string of the molecule is O=C(NNC(=O)[C@@H]1[C@H](C(=O)O)[C@H]2C=C[C@H]1C2)c1ccc(Cl)cc1Cl. The standard InChI is InChI=1S/C16H14Cl2N2O4/c17-9-3-4-10(11(18)6-9)14(21)19-20-15(22)12-7-1-2-8(5-7)13(12)16(23)24/h1-4,6-8,12-13H,5H2,(H,19,21)(H,20,22)(H,23,24)/t7-,8-,12-,13+/m0/s1. The van der Waals surface area contributed by atoms with Gasteiger partial charge in [-0.3, -0.25) is 25.2 Å². The van der Waals surface area contributed by atoms with Crippen LogP contribution in [0.1, 0.15) is 16.8 Å². The van der Waals surface area contributed by atoms with Gasteiger partial charge in [0.15, 0.2) is 0 Å². The number of hydrogen-bond acceptors (Lipinski definition) is 3. The largest absolute Gasteiger partial charge is 0.481 e. The van der Waals surface area contributed by atoms with Crippen molar-refractivity contribution in [1.29, 1.82) is 0 Å². The van der Waals surface area contributed by atoms with Crippen molar-refractivity contribution < 1.29 is 19.5 Å². The minimum Gasteiger partial charge on any atom is -0.481 e. The molecule has 0 heterocycles. The van der Waals surface area contributed by atoms with Crippen molar-refractivity contribution in [2.75, 3.05) is 0 Å². The number of nitrogens with one attached hydrogen (secondary N) is 2. The maximum absolute atomic E-state index is 12.3. The van der Waals surface area contributed by atoms with Gasteiger partial charge in [0.25, 0.3) is 5.91 Å². The molecule has 24 heavy (non-hydrogen) atoms.